The first kappa shape index (κ1) is 16.0. The minimum atomic E-state index is -4.95. The van der Waals surface area contributed by atoms with Gasteiger partial charge in [0.25, 0.3) is 5.56 Å². The van der Waals surface area contributed by atoms with Crippen LogP contribution in [0.3, 0.4) is 0 Å². The molecule has 1 aromatic heterocycles. The predicted octanol–water partition coefficient (Wildman–Crippen LogP) is 3.76. The number of benzene rings is 1. The van der Waals surface area contributed by atoms with E-state index in [1.165, 1.54) is 4.98 Å². The lowest BCUT2D eigenvalue weighted by molar-refractivity contribution is -0.141. The first-order valence-electron chi connectivity index (χ1n) is 5.38. The lowest BCUT2D eigenvalue weighted by Crippen LogP contribution is -2.19. The number of pyridine rings is 1. The average Bonchev–Trinajstić information content (AvgIpc) is 2.43. The topological polar surface area (TPSA) is 32.9 Å². The monoisotopic (exact) mass is 329 g/mol. The van der Waals surface area contributed by atoms with Gasteiger partial charge in [-0.2, -0.15) is 13.2 Å². The maximum atomic E-state index is 13.5. The van der Waals surface area contributed by atoms with Crippen molar-refractivity contribution in [3.05, 3.63) is 57.3 Å². The summed E-state index contributed by atoms with van der Waals surface area (Å²) in [6, 6.07) is 0.564. The van der Waals surface area contributed by atoms with Crippen molar-refractivity contribution in [1.29, 1.82) is 0 Å². The Kier molecular flexibility index (Phi) is 3.71. The number of hydrogen-bond donors (Lipinski definition) is 1. The van der Waals surface area contributed by atoms with Gasteiger partial charge in [-0.15, -0.1) is 0 Å². The van der Waals surface area contributed by atoms with Gasteiger partial charge in [0.15, 0.2) is 23.3 Å². The van der Waals surface area contributed by atoms with Crippen LogP contribution in [0, 0.1) is 29.1 Å². The summed E-state index contributed by atoms with van der Waals surface area (Å²) in [7, 11) is 0. The van der Waals surface area contributed by atoms with E-state index in [1.807, 2.05) is 0 Å². The Balaban J connectivity index is 2.77. The van der Waals surface area contributed by atoms with Crippen molar-refractivity contribution in [2.45, 2.75) is 6.18 Å². The summed E-state index contributed by atoms with van der Waals surface area (Å²) in [5, 5.41) is 0. The molecule has 1 aromatic carbocycles. The summed E-state index contributed by atoms with van der Waals surface area (Å²) < 4.78 is 103. The van der Waals surface area contributed by atoms with Crippen molar-refractivity contribution in [1.82, 2.24) is 4.98 Å². The molecule has 1 heterocycles. The predicted molar refractivity (Wildman–Crippen MR) is 57.3 cm³/mol. The number of aromatic nitrogens is 1. The van der Waals surface area contributed by atoms with Crippen molar-refractivity contribution >= 4 is 0 Å². The molecule has 0 spiro atoms. The summed E-state index contributed by atoms with van der Waals surface area (Å²) in [6.07, 6.45) is -4.95. The third kappa shape index (κ3) is 2.44. The number of halogens is 8. The minimum Gasteiger partial charge on any atom is -0.318 e. The van der Waals surface area contributed by atoms with Crippen molar-refractivity contribution in [3.8, 4) is 11.1 Å². The van der Waals surface area contributed by atoms with Crippen LogP contribution < -0.4 is 5.56 Å². The van der Waals surface area contributed by atoms with Crippen LogP contribution in [0.15, 0.2) is 16.9 Å². The molecule has 2 rings (SSSR count). The molecule has 0 amide bonds. The molecule has 0 fully saturated rings. The first-order valence-corrected chi connectivity index (χ1v) is 5.38. The van der Waals surface area contributed by atoms with E-state index in [-0.39, 0.29) is 6.07 Å². The zero-order valence-electron chi connectivity index (χ0n) is 10.1. The molecule has 2 nitrogen and oxygen atoms in total. The fourth-order valence-corrected chi connectivity index (χ4v) is 1.68. The van der Waals surface area contributed by atoms with Gasteiger partial charge in [0.1, 0.15) is 5.69 Å². The number of rotatable bonds is 1. The quantitative estimate of drug-likeness (QED) is 0.482. The van der Waals surface area contributed by atoms with E-state index in [2.05, 4.69) is 0 Å². The summed E-state index contributed by atoms with van der Waals surface area (Å²) in [5.74, 6) is -11.7. The van der Waals surface area contributed by atoms with Gasteiger partial charge in [-0.1, -0.05) is 0 Å². The second-order valence-electron chi connectivity index (χ2n) is 4.06. The smallest absolute Gasteiger partial charge is 0.318 e. The number of nitrogens with one attached hydrogen (secondary N) is 1. The van der Waals surface area contributed by atoms with Gasteiger partial charge in [-0.05, 0) is 12.1 Å². The highest BCUT2D eigenvalue weighted by Gasteiger charge is 2.33. The maximum absolute atomic E-state index is 13.5. The van der Waals surface area contributed by atoms with E-state index in [1.54, 1.807) is 0 Å². The second kappa shape index (κ2) is 5.11. The molecule has 0 unspecified atom stereocenters. The highest BCUT2D eigenvalue weighted by Crippen LogP contribution is 2.31. The molecule has 0 bridgehead atoms. The molecule has 0 aliphatic rings. The molecular formula is C12H3F8NO. The van der Waals surface area contributed by atoms with Crippen molar-refractivity contribution in [2.24, 2.45) is 0 Å². The Morgan fingerprint density at radius 2 is 1.23 bits per heavy atom. The molecular weight excluding hydrogens is 326 g/mol. The highest BCUT2D eigenvalue weighted by atomic mass is 19.4. The fraction of sp³-hybridized carbons (Fsp3) is 0.0833. The third-order valence-corrected chi connectivity index (χ3v) is 2.69. The molecule has 0 aliphatic heterocycles. The van der Waals surface area contributed by atoms with Crippen LogP contribution in [-0.2, 0) is 6.18 Å². The Bertz CT molecular complexity index is 779. The van der Waals surface area contributed by atoms with Crippen molar-refractivity contribution in [2.75, 3.05) is 0 Å². The molecule has 0 saturated heterocycles. The maximum Gasteiger partial charge on any atom is 0.431 e. The Labute approximate surface area is 116 Å². The molecule has 0 atom stereocenters. The fourth-order valence-electron chi connectivity index (χ4n) is 1.68. The van der Waals surface area contributed by atoms with E-state index < -0.39 is 57.6 Å². The number of alkyl halides is 3. The highest BCUT2D eigenvalue weighted by molar-refractivity contribution is 5.64. The first-order chi connectivity index (χ1) is 10.1. The number of H-pyrrole nitrogens is 1. The third-order valence-electron chi connectivity index (χ3n) is 2.69. The van der Waals surface area contributed by atoms with Gasteiger partial charge in [0.2, 0.25) is 5.82 Å². The van der Waals surface area contributed by atoms with Crippen LogP contribution in [-0.4, -0.2) is 4.98 Å². The number of hydrogen-bond acceptors (Lipinski definition) is 1. The molecule has 10 heteroatoms. The van der Waals surface area contributed by atoms with Crippen LogP contribution in [0.5, 0.6) is 0 Å². The molecule has 0 aliphatic carbocycles. The molecule has 0 radical (unpaired) electrons. The summed E-state index contributed by atoms with van der Waals surface area (Å²) in [4.78, 5) is 12.7. The molecule has 0 saturated carbocycles. The van der Waals surface area contributed by atoms with E-state index in [4.69, 9.17) is 0 Å². The van der Waals surface area contributed by atoms with Crippen molar-refractivity contribution < 1.29 is 35.1 Å². The zero-order valence-corrected chi connectivity index (χ0v) is 10.1. The average molecular weight is 329 g/mol. The van der Waals surface area contributed by atoms with Crippen LogP contribution >= 0.6 is 0 Å². The van der Waals surface area contributed by atoms with Gasteiger partial charge in [-0.25, -0.2) is 22.0 Å². The summed E-state index contributed by atoms with van der Waals surface area (Å²) in [6.45, 7) is 0. The van der Waals surface area contributed by atoms with Gasteiger partial charge >= 0.3 is 6.18 Å². The Hall–Kier alpha value is -2.39. The molecule has 1 N–H and O–H groups in total. The lowest BCUT2D eigenvalue weighted by Gasteiger charge is -2.10. The van der Waals surface area contributed by atoms with Crippen LogP contribution in [0.25, 0.3) is 11.1 Å². The van der Waals surface area contributed by atoms with Crippen LogP contribution in [0.2, 0.25) is 0 Å². The van der Waals surface area contributed by atoms with E-state index in [0.717, 1.165) is 0 Å². The zero-order chi connectivity index (χ0) is 16.8. The van der Waals surface area contributed by atoms with Crippen LogP contribution in [0.1, 0.15) is 5.69 Å². The summed E-state index contributed by atoms with van der Waals surface area (Å²) in [5.41, 5.74) is -5.92. The molecule has 118 valence electrons. The van der Waals surface area contributed by atoms with Gasteiger partial charge < -0.3 is 4.98 Å². The van der Waals surface area contributed by atoms with E-state index in [9.17, 15) is 39.9 Å². The second-order valence-corrected chi connectivity index (χ2v) is 4.06. The van der Waals surface area contributed by atoms with Crippen molar-refractivity contribution in [3.63, 3.8) is 0 Å². The number of aromatic amines is 1. The van der Waals surface area contributed by atoms with E-state index >= 15 is 0 Å². The Morgan fingerprint density at radius 3 is 1.64 bits per heavy atom. The largest absolute Gasteiger partial charge is 0.431 e. The molecule has 22 heavy (non-hydrogen) atoms. The Morgan fingerprint density at radius 1 is 0.773 bits per heavy atom. The van der Waals surface area contributed by atoms with Crippen LogP contribution in [0.4, 0.5) is 35.1 Å². The lowest BCUT2D eigenvalue weighted by atomic mass is 10.0. The normalized spacial score (nSPS) is 11.8. The standard InChI is InChI=1S/C12H3F8NO/c13-6-5(7(14)9(16)10(17)8(6)15)3-1-2-4(12(18,19)20)21-11(3)22/h1-2H,(H,21,22). The summed E-state index contributed by atoms with van der Waals surface area (Å²) >= 11 is 0. The SMILES string of the molecule is O=c1[nH]c(C(F)(F)F)ccc1-c1c(F)c(F)c(F)c(F)c1F. The van der Waals surface area contributed by atoms with Gasteiger partial charge in [-0.3, -0.25) is 4.79 Å². The molecule has 2 aromatic rings. The van der Waals surface area contributed by atoms with Gasteiger partial charge in [0, 0.05) is 0 Å². The van der Waals surface area contributed by atoms with Gasteiger partial charge in [0.05, 0.1) is 11.1 Å². The van der Waals surface area contributed by atoms with E-state index in [0.29, 0.717) is 6.07 Å². The minimum absolute atomic E-state index is 0.245.